The number of rotatable bonds is 6. The van der Waals surface area contributed by atoms with Gasteiger partial charge >= 0.3 is 6.18 Å². The van der Waals surface area contributed by atoms with E-state index >= 15 is 0 Å². The van der Waals surface area contributed by atoms with Gasteiger partial charge in [0.1, 0.15) is 5.52 Å². The molecule has 1 saturated heterocycles. The van der Waals surface area contributed by atoms with Gasteiger partial charge in [0.25, 0.3) is 0 Å². The van der Waals surface area contributed by atoms with Crippen LogP contribution in [0.1, 0.15) is 18.9 Å². The van der Waals surface area contributed by atoms with Crippen LogP contribution in [0.5, 0.6) is 0 Å². The molecule has 0 radical (unpaired) electrons. The number of piperazine rings is 1. The Kier molecular flexibility index (Phi) is 7.12. The zero-order valence-electron chi connectivity index (χ0n) is 20.9. The summed E-state index contributed by atoms with van der Waals surface area (Å²) in [6, 6.07) is 6.95. The van der Waals surface area contributed by atoms with Gasteiger partial charge < -0.3 is 14.6 Å². The predicted octanol–water partition coefficient (Wildman–Crippen LogP) is 3.94. The molecule has 0 amide bonds. The van der Waals surface area contributed by atoms with Crippen molar-refractivity contribution in [3.63, 3.8) is 0 Å². The summed E-state index contributed by atoms with van der Waals surface area (Å²) in [6.45, 7) is 1.64. The number of thiocarbonyl (C=S) groups is 1. The Morgan fingerprint density at radius 2 is 1.82 bits per heavy atom. The molecule has 39 heavy (non-hydrogen) atoms. The summed E-state index contributed by atoms with van der Waals surface area (Å²) >= 11 is 5.33. The Morgan fingerprint density at radius 1 is 1.10 bits per heavy atom. The van der Waals surface area contributed by atoms with Gasteiger partial charge in [0.15, 0.2) is 11.2 Å². The number of sulfonamides is 1. The summed E-state index contributed by atoms with van der Waals surface area (Å²) in [7, 11) is -3.86. The number of benzene rings is 1. The van der Waals surface area contributed by atoms with E-state index < -0.39 is 27.8 Å². The van der Waals surface area contributed by atoms with Crippen molar-refractivity contribution in [2.45, 2.75) is 37.7 Å². The second-order valence-electron chi connectivity index (χ2n) is 9.65. The first kappa shape index (κ1) is 27.4. The van der Waals surface area contributed by atoms with Crippen LogP contribution in [0.25, 0.3) is 11.2 Å². The number of allylic oxidation sites excluding steroid dienone is 4. The maximum absolute atomic E-state index is 13.6. The molecule has 1 fully saturated rings. The lowest BCUT2D eigenvalue weighted by atomic mass is 9.95. The third kappa shape index (κ3) is 5.11. The minimum atomic E-state index is -4.84. The fourth-order valence-corrected chi connectivity index (χ4v) is 6.93. The Hall–Kier alpha value is -3.13. The maximum atomic E-state index is 13.6. The first-order chi connectivity index (χ1) is 18.4. The molecular weight excluding hydrogens is 551 g/mol. The van der Waals surface area contributed by atoms with Crippen LogP contribution >= 0.6 is 12.2 Å². The standard InChI is InChI=1S/C26H26F3N5O3S2/c1-25(35,26(27,28)29)18-6-8-19(9-7-18)34-15-14-33(39(36,37)23-5-3-2-4-22(23)38)17-20(34)16-32-13-10-21-24(32)31-12-11-30-21/h2-3,5-13,20,35H,4,14-17H2,1H3/t20-,25+/m0/s1. The van der Waals surface area contributed by atoms with Crippen LogP contribution in [-0.4, -0.2) is 69.1 Å². The molecule has 3 aromatic rings. The molecule has 8 nitrogen and oxygen atoms in total. The molecule has 1 aromatic carbocycles. The molecule has 1 aliphatic heterocycles. The van der Waals surface area contributed by atoms with Gasteiger partial charge in [0.05, 0.1) is 10.9 Å². The molecule has 2 aromatic heterocycles. The summed E-state index contributed by atoms with van der Waals surface area (Å²) < 4.78 is 70.5. The molecular formula is C26H26F3N5O3S2. The summed E-state index contributed by atoms with van der Waals surface area (Å²) in [6.07, 6.45) is 5.53. The van der Waals surface area contributed by atoms with Crippen LogP contribution in [0.4, 0.5) is 18.9 Å². The average molecular weight is 578 g/mol. The van der Waals surface area contributed by atoms with E-state index in [4.69, 9.17) is 12.2 Å². The van der Waals surface area contributed by atoms with Crippen LogP contribution in [0.3, 0.4) is 0 Å². The molecule has 1 aliphatic carbocycles. The quantitative estimate of drug-likeness (QED) is 0.444. The summed E-state index contributed by atoms with van der Waals surface area (Å²) in [5, 5.41) is 10.1. The van der Waals surface area contributed by atoms with Crippen molar-refractivity contribution in [2.75, 3.05) is 24.5 Å². The highest BCUT2D eigenvalue weighted by atomic mass is 32.2. The number of anilines is 1. The highest BCUT2D eigenvalue weighted by molar-refractivity contribution is 7.96. The first-order valence-electron chi connectivity index (χ1n) is 12.2. The second-order valence-corrected chi connectivity index (χ2v) is 12.0. The summed E-state index contributed by atoms with van der Waals surface area (Å²) in [4.78, 5) is 11.1. The van der Waals surface area contributed by atoms with Crippen LogP contribution in [0.2, 0.25) is 0 Å². The van der Waals surface area contributed by atoms with Gasteiger partial charge in [0.2, 0.25) is 10.0 Å². The van der Waals surface area contributed by atoms with Gasteiger partial charge in [-0.2, -0.15) is 17.5 Å². The monoisotopic (exact) mass is 577 g/mol. The molecule has 2 aliphatic rings. The number of hydrogen-bond donors (Lipinski definition) is 1. The van der Waals surface area contributed by atoms with Gasteiger partial charge in [0, 0.05) is 61.7 Å². The molecule has 5 rings (SSSR count). The van der Waals surface area contributed by atoms with Crippen molar-refractivity contribution in [2.24, 2.45) is 0 Å². The lowest BCUT2D eigenvalue weighted by molar-refractivity contribution is -0.258. The van der Waals surface area contributed by atoms with Gasteiger partial charge in [-0.25, -0.2) is 13.4 Å². The molecule has 1 N–H and O–H groups in total. The summed E-state index contributed by atoms with van der Waals surface area (Å²) in [5.74, 6) is 0. The summed E-state index contributed by atoms with van der Waals surface area (Å²) in [5.41, 5.74) is -1.35. The number of fused-ring (bicyclic) bond motifs is 1. The number of hydrogen-bond acceptors (Lipinski definition) is 7. The number of aromatic nitrogens is 3. The number of aliphatic hydroxyl groups is 1. The highest BCUT2D eigenvalue weighted by Crippen LogP contribution is 2.39. The number of nitrogens with zero attached hydrogens (tertiary/aromatic N) is 5. The van der Waals surface area contributed by atoms with Gasteiger partial charge in [-0.3, -0.25) is 4.98 Å². The minimum Gasteiger partial charge on any atom is -0.376 e. The average Bonchev–Trinajstić information content (AvgIpc) is 3.31. The van der Waals surface area contributed by atoms with Crippen molar-refractivity contribution in [3.05, 3.63) is 77.6 Å². The fraction of sp³-hybridized carbons (Fsp3) is 0.346. The van der Waals surface area contributed by atoms with E-state index in [0.717, 1.165) is 0 Å². The van der Waals surface area contributed by atoms with E-state index in [2.05, 4.69) is 9.97 Å². The van der Waals surface area contributed by atoms with E-state index in [9.17, 15) is 26.7 Å². The molecule has 0 unspecified atom stereocenters. The Bertz CT molecular complexity index is 1560. The SMILES string of the molecule is C[C@@](O)(c1ccc(N2CCN(S(=O)(=O)C3=CC=CCC3=S)C[C@@H]2Cn2ccc3nccnc32)cc1)C(F)(F)F. The molecule has 3 heterocycles. The third-order valence-corrected chi connectivity index (χ3v) is 9.60. The van der Waals surface area contributed by atoms with E-state index in [-0.39, 0.29) is 23.6 Å². The smallest absolute Gasteiger partial charge is 0.376 e. The lowest BCUT2D eigenvalue weighted by Crippen LogP contribution is -2.56. The van der Waals surface area contributed by atoms with Crippen LogP contribution in [0, 0.1) is 0 Å². The zero-order valence-corrected chi connectivity index (χ0v) is 22.5. The van der Waals surface area contributed by atoms with Crippen LogP contribution in [0.15, 0.2) is 72.1 Å². The van der Waals surface area contributed by atoms with E-state index in [1.165, 1.54) is 34.6 Å². The Balaban J connectivity index is 1.48. The van der Waals surface area contributed by atoms with E-state index in [0.29, 0.717) is 48.1 Å². The predicted molar refractivity (Wildman–Crippen MR) is 146 cm³/mol. The molecule has 206 valence electrons. The number of alkyl halides is 3. The molecule has 2 atom stereocenters. The van der Waals surface area contributed by atoms with Crippen LogP contribution < -0.4 is 4.90 Å². The van der Waals surface area contributed by atoms with Crippen molar-refractivity contribution < 1.29 is 26.7 Å². The zero-order chi connectivity index (χ0) is 28.0. The van der Waals surface area contributed by atoms with Gasteiger partial charge in [-0.05, 0) is 36.8 Å². The maximum Gasteiger partial charge on any atom is 0.421 e. The lowest BCUT2D eigenvalue weighted by Gasteiger charge is -2.42. The van der Waals surface area contributed by atoms with E-state index in [1.807, 2.05) is 21.7 Å². The number of halogens is 3. The normalized spacial score (nSPS) is 20.7. The van der Waals surface area contributed by atoms with Crippen molar-refractivity contribution >= 4 is 44.0 Å². The molecule has 0 bridgehead atoms. The first-order valence-corrected chi connectivity index (χ1v) is 14.1. The van der Waals surface area contributed by atoms with Crippen molar-refractivity contribution in [1.82, 2.24) is 18.8 Å². The van der Waals surface area contributed by atoms with Crippen molar-refractivity contribution in [3.8, 4) is 0 Å². The van der Waals surface area contributed by atoms with Crippen molar-refractivity contribution in [1.29, 1.82) is 0 Å². The molecule has 13 heteroatoms. The largest absolute Gasteiger partial charge is 0.421 e. The Labute approximate surface area is 229 Å². The second kappa shape index (κ2) is 10.1. The van der Waals surface area contributed by atoms with Gasteiger partial charge in [-0.1, -0.05) is 36.5 Å². The molecule has 0 spiro atoms. The van der Waals surface area contributed by atoms with Crippen LogP contribution in [-0.2, 0) is 22.2 Å². The fourth-order valence-electron chi connectivity index (χ4n) is 4.86. The Morgan fingerprint density at radius 3 is 2.51 bits per heavy atom. The van der Waals surface area contributed by atoms with E-state index in [1.54, 1.807) is 24.5 Å². The topological polar surface area (TPSA) is 91.6 Å². The minimum absolute atomic E-state index is 0.114. The molecule has 0 saturated carbocycles. The highest BCUT2D eigenvalue weighted by Gasteiger charge is 2.51. The third-order valence-electron chi connectivity index (χ3n) is 7.14. The van der Waals surface area contributed by atoms with Gasteiger partial charge in [-0.15, -0.1) is 0 Å².